The van der Waals surface area contributed by atoms with Crippen molar-refractivity contribution in [2.24, 2.45) is 5.92 Å². The van der Waals surface area contributed by atoms with Gasteiger partial charge in [0.2, 0.25) is 5.91 Å². The number of carbonyl (C=O) groups is 1. The molecular formula is C15H19ClFNO3S. The van der Waals surface area contributed by atoms with Crippen molar-refractivity contribution in [1.29, 1.82) is 0 Å². The van der Waals surface area contributed by atoms with Crippen LogP contribution in [0.1, 0.15) is 25.8 Å². The van der Waals surface area contributed by atoms with Gasteiger partial charge in [-0.2, -0.15) is 0 Å². The van der Waals surface area contributed by atoms with Crippen molar-refractivity contribution in [3.05, 3.63) is 34.6 Å². The molecule has 0 aromatic heterocycles. The maximum atomic E-state index is 13.1. The molecule has 0 aliphatic carbocycles. The standard InChI is InChI=1S/C15H19ClFNO3S/c1-15(2,12-4-3-11(17)7-13(12)16)9-18-14(19)10-5-6-22(20,21)8-10/h3-4,7,10H,5-6,8-9H2,1-2H3,(H,18,19)/t10-/m1/s1. The highest BCUT2D eigenvalue weighted by Gasteiger charge is 2.34. The lowest BCUT2D eigenvalue weighted by atomic mass is 9.84. The fourth-order valence-corrected chi connectivity index (χ4v) is 4.75. The summed E-state index contributed by atoms with van der Waals surface area (Å²) in [6.07, 6.45) is 0.367. The quantitative estimate of drug-likeness (QED) is 0.909. The number of benzene rings is 1. The van der Waals surface area contributed by atoms with E-state index in [9.17, 15) is 17.6 Å². The maximum absolute atomic E-state index is 13.1. The number of amides is 1. The molecule has 2 rings (SSSR count). The van der Waals surface area contributed by atoms with Crippen molar-refractivity contribution in [2.75, 3.05) is 18.1 Å². The summed E-state index contributed by atoms with van der Waals surface area (Å²) < 4.78 is 35.9. The van der Waals surface area contributed by atoms with E-state index in [1.807, 2.05) is 13.8 Å². The molecule has 122 valence electrons. The molecule has 0 bridgehead atoms. The van der Waals surface area contributed by atoms with Crippen LogP contribution < -0.4 is 5.32 Å². The van der Waals surface area contributed by atoms with Gasteiger partial charge >= 0.3 is 0 Å². The second-order valence-electron chi connectivity index (χ2n) is 6.33. The van der Waals surface area contributed by atoms with Gasteiger partial charge in [0.05, 0.1) is 17.4 Å². The first-order chi connectivity index (χ1) is 10.1. The molecule has 0 saturated carbocycles. The third-order valence-electron chi connectivity index (χ3n) is 3.97. The Kier molecular flexibility index (Phi) is 4.82. The van der Waals surface area contributed by atoms with E-state index >= 15 is 0 Å². The molecule has 1 N–H and O–H groups in total. The van der Waals surface area contributed by atoms with Crippen LogP contribution in [-0.2, 0) is 20.0 Å². The van der Waals surface area contributed by atoms with Crippen LogP contribution in [0.4, 0.5) is 4.39 Å². The molecule has 7 heteroatoms. The summed E-state index contributed by atoms with van der Waals surface area (Å²) in [5.74, 6) is -1.17. The van der Waals surface area contributed by atoms with Crippen molar-refractivity contribution in [3.8, 4) is 0 Å². The fraction of sp³-hybridized carbons (Fsp3) is 0.533. The van der Waals surface area contributed by atoms with Crippen LogP contribution in [0, 0.1) is 11.7 Å². The molecule has 1 fully saturated rings. The molecule has 4 nitrogen and oxygen atoms in total. The highest BCUT2D eigenvalue weighted by Crippen LogP contribution is 2.30. The lowest BCUT2D eigenvalue weighted by molar-refractivity contribution is -0.124. The number of hydrogen-bond acceptors (Lipinski definition) is 3. The van der Waals surface area contributed by atoms with Gasteiger partial charge in [0.25, 0.3) is 0 Å². The second kappa shape index (κ2) is 6.16. The molecule has 0 radical (unpaired) electrons. The molecule has 0 spiro atoms. The van der Waals surface area contributed by atoms with Crippen LogP contribution in [0.15, 0.2) is 18.2 Å². The number of nitrogens with one attached hydrogen (secondary N) is 1. The molecule has 1 aliphatic heterocycles. The van der Waals surface area contributed by atoms with E-state index in [1.165, 1.54) is 12.1 Å². The van der Waals surface area contributed by atoms with E-state index in [-0.39, 0.29) is 17.4 Å². The van der Waals surface area contributed by atoms with Crippen molar-refractivity contribution in [2.45, 2.75) is 25.7 Å². The molecule has 1 aliphatic rings. The Bertz CT molecular complexity index is 688. The molecule has 1 saturated heterocycles. The first-order valence-electron chi connectivity index (χ1n) is 7.04. The molecule has 1 aromatic carbocycles. The molecule has 22 heavy (non-hydrogen) atoms. The van der Waals surface area contributed by atoms with E-state index in [0.717, 1.165) is 5.56 Å². The lowest BCUT2D eigenvalue weighted by Gasteiger charge is -2.27. The van der Waals surface area contributed by atoms with Crippen LogP contribution in [0.3, 0.4) is 0 Å². The molecule has 1 aromatic rings. The van der Waals surface area contributed by atoms with E-state index < -0.39 is 27.0 Å². The Balaban J connectivity index is 2.02. The topological polar surface area (TPSA) is 63.2 Å². The summed E-state index contributed by atoms with van der Waals surface area (Å²) in [6.45, 7) is 4.07. The first kappa shape index (κ1) is 17.2. The Morgan fingerprint density at radius 2 is 2.14 bits per heavy atom. The van der Waals surface area contributed by atoms with E-state index in [4.69, 9.17) is 11.6 Å². The van der Waals surface area contributed by atoms with Crippen LogP contribution in [0.5, 0.6) is 0 Å². The summed E-state index contributed by atoms with van der Waals surface area (Å²) in [5.41, 5.74) is 0.243. The molecular weight excluding hydrogens is 329 g/mol. The van der Waals surface area contributed by atoms with Crippen LogP contribution >= 0.6 is 11.6 Å². The molecule has 1 heterocycles. The van der Waals surface area contributed by atoms with E-state index in [1.54, 1.807) is 6.07 Å². The van der Waals surface area contributed by atoms with Crippen LogP contribution in [0.2, 0.25) is 5.02 Å². The van der Waals surface area contributed by atoms with Crippen LogP contribution in [-0.4, -0.2) is 32.4 Å². The zero-order chi connectivity index (χ0) is 16.5. The summed E-state index contributed by atoms with van der Waals surface area (Å²) in [7, 11) is -3.08. The normalized spacial score (nSPS) is 20.8. The summed E-state index contributed by atoms with van der Waals surface area (Å²) in [6, 6.07) is 4.17. The zero-order valence-electron chi connectivity index (χ0n) is 12.5. The Labute approximate surface area is 135 Å². The Morgan fingerprint density at radius 1 is 1.45 bits per heavy atom. The number of rotatable bonds is 4. The Morgan fingerprint density at radius 3 is 2.68 bits per heavy atom. The second-order valence-corrected chi connectivity index (χ2v) is 8.96. The van der Waals surface area contributed by atoms with Gasteiger partial charge in [-0.05, 0) is 24.1 Å². The van der Waals surface area contributed by atoms with Gasteiger partial charge in [0.15, 0.2) is 9.84 Å². The number of carbonyl (C=O) groups excluding carboxylic acids is 1. The maximum Gasteiger partial charge on any atom is 0.224 e. The van der Waals surface area contributed by atoms with Crippen molar-refractivity contribution >= 4 is 27.3 Å². The molecule has 1 atom stereocenters. The third-order valence-corrected chi connectivity index (χ3v) is 6.05. The Hall–Kier alpha value is -1.14. The first-order valence-corrected chi connectivity index (χ1v) is 9.24. The highest BCUT2D eigenvalue weighted by molar-refractivity contribution is 7.91. The summed E-state index contributed by atoms with van der Waals surface area (Å²) >= 11 is 6.06. The van der Waals surface area contributed by atoms with Gasteiger partial charge in [-0.3, -0.25) is 4.79 Å². The largest absolute Gasteiger partial charge is 0.355 e. The minimum atomic E-state index is -3.08. The molecule has 0 unspecified atom stereocenters. The van der Waals surface area contributed by atoms with Crippen LogP contribution in [0.25, 0.3) is 0 Å². The highest BCUT2D eigenvalue weighted by atomic mass is 35.5. The minimum Gasteiger partial charge on any atom is -0.355 e. The summed E-state index contributed by atoms with van der Waals surface area (Å²) in [4.78, 5) is 12.1. The predicted octanol–water partition coefficient (Wildman–Crippen LogP) is 2.31. The minimum absolute atomic E-state index is 0.0677. The summed E-state index contributed by atoms with van der Waals surface area (Å²) in [5, 5.41) is 3.10. The monoisotopic (exact) mass is 347 g/mol. The predicted molar refractivity (Wildman–Crippen MR) is 84.2 cm³/mol. The van der Waals surface area contributed by atoms with Gasteiger partial charge < -0.3 is 5.32 Å². The molecule has 1 amide bonds. The smallest absolute Gasteiger partial charge is 0.224 e. The zero-order valence-corrected chi connectivity index (χ0v) is 14.1. The number of sulfone groups is 1. The van der Waals surface area contributed by atoms with Crippen molar-refractivity contribution < 1.29 is 17.6 Å². The van der Waals surface area contributed by atoms with Gasteiger partial charge in [0, 0.05) is 17.0 Å². The van der Waals surface area contributed by atoms with Gasteiger partial charge in [-0.25, -0.2) is 12.8 Å². The van der Waals surface area contributed by atoms with E-state index in [0.29, 0.717) is 18.0 Å². The number of halogens is 2. The average molecular weight is 348 g/mol. The lowest BCUT2D eigenvalue weighted by Crippen LogP contribution is -2.40. The van der Waals surface area contributed by atoms with Crippen molar-refractivity contribution in [1.82, 2.24) is 5.32 Å². The van der Waals surface area contributed by atoms with Gasteiger partial charge in [0.1, 0.15) is 5.82 Å². The van der Waals surface area contributed by atoms with Crippen molar-refractivity contribution in [3.63, 3.8) is 0 Å². The SMILES string of the molecule is CC(C)(CNC(=O)[C@@H]1CCS(=O)(=O)C1)c1ccc(F)cc1Cl. The van der Waals surface area contributed by atoms with Gasteiger partial charge in [-0.15, -0.1) is 0 Å². The third kappa shape index (κ3) is 3.98. The fourth-order valence-electron chi connectivity index (χ4n) is 2.59. The van der Waals surface area contributed by atoms with Gasteiger partial charge in [-0.1, -0.05) is 31.5 Å². The number of hydrogen-bond donors (Lipinski definition) is 1. The van der Waals surface area contributed by atoms with E-state index in [2.05, 4.69) is 5.32 Å². The average Bonchev–Trinajstić information content (AvgIpc) is 2.76.